The van der Waals surface area contributed by atoms with E-state index in [1.165, 1.54) is 12.8 Å². The minimum absolute atomic E-state index is 0.0579. The Morgan fingerprint density at radius 2 is 1.78 bits per heavy atom. The number of likely N-dealkylation sites (tertiary alicyclic amines) is 1. The van der Waals surface area contributed by atoms with E-state index in [-0.39, 0.29) is 12.7 Å². The van der Waals surface area contributed by atoms with Gasteiger partial charge >= 0.3 is 0 Å². The summed E-state index contributed by atoms with van der Waals surface area (Å²) in [4.78, 5) is 14.5. The second-order valence-electron chi connectivity index (χ2n) is 6.31. The van der Waals surface area contributed by atoms with Crippen LogP contribution in [0, 0.1) is 0 Å². The second kappa shape index (κ2) is 5.80. The number of amides is 1. The van der Waals surface area contributed by atoms with Crippen molar-refractivity contribution in [3.63, 3.8) is 0 Å². The summed E-state index contributed by atoms with van der Waals surface area (Å²) in [5.41, 5.74) is 3.21. The molecule has 23 heavy (non-hydrogen) atoms. The third kappa shape index (κ3) is 3.00. The van der Waals surface area contributed by atoms with Crippen LogP contribution in [0.25, 0.3) is 0 Å². The number of carbonyl (C=O) groups excluding carboxylic acids is 1. The van der Waals surface area contributed by atoms with Gasteiger partial charge in [0.05, 0.1) is 0 Å². The molecule has 1 saturated carbocycles. The fourth-order valence-corrected chi connectivity index (χ4v) is 3.23. The normalized spacial score (nSPS) is 20.5. The van der Waals surface area contributed by atoms with E-state index in [0.29, 0.717) is 17.2 Å². The highest BCUT2D eigenvalue weighted by molar-refractivity contribution is 5.81. The van der Waals surface area contributed by atoms with Gasteiger partial charge < -0.3 is 19.1 Å². The van der Waals surface area contributed by atoms with Gasteiger partial charge in [-0.1, -0.05) is 11.1 Å². The molecular weight excluding hydrogens is 294 g/mol. The molecule has 5 nitrogen and oxygen atoms in total. The fraction of sp³-hybridized carbons (Fsp3) is 0.500. The summed E-state index contributed by atoms with van der Waals surface area (Å²) < 4.78 is 16.4. The van der Waals surface area contributed by atoms with Crippen LogP contribution in [0.1, 0.15) is 32.6 Å². The number of hydrogen-bond acceptors (Lipinski definition) is 4. The van der Waals surface area contributed by atoms with E-state index in [0.717, 1.165) is 25.9 Å². The van der Waals surface area contributed by atoms with Crippen LogP contribution in [-0.4, -0.2) is 36.8 Å². The zero-order valence-electron chi connectivity index (χ0n) is 13.3. The summed E-state index contributed by atoms with van der Waals surface area (Å²) in [6, 6.07) is 5.39. The van der Waals surface area contributed by atoms with Crippen molar-refractivity contribution in [2.24, 2.45) is 0 Å². The van der Waals surface area contributed by atoms with Gasteiger partial charge in [-0.05, 0) is 44.7 Å². The quantitative estimate of drug-likeness (QED) is 0.805. The third-order valence-electron chi connectivity index (χ3n) is 4.68. The molecule has 0 unspecified atom stereocenters. The minimum atomic E-state index is -0.495. The van der Waals surface area contributed by atoms with Gasteiger partial charge in [-0.25, -0.2) is 0 Å². The molecule has 1 atom stereocenters. The Morgan fingerprint density at radius 1 is 1.09 bits per heavy atom. The number of fused-ring (bicyclic) bond motifs is 1. The van der Waals surface area contributed by atoms with E-state index in [2.05, 4.69) is 0 Å². The fourth-order valence-electron chi connectivity index (χ4n) is 3.23. The van der Waals surface area contributed by atoms with Gasteiger partial charge in [0.25, 0.3) is 5.91 Å². The Kier molecular flexibility index (Phi) is 3.63. The lowest BCUT2D eigenvalue weighted by Gasteiger charge is -2.30. The van der Waals surface area contributed by atoms with Crippen LogP contribution in [0.4, 0.5) is 0 Å². The monoisotopic (exact) mass is 315 g/mol. The molecule has 1 saturated heterocycles. The van der Waals surface area contributed by atoms with Crippen LogP contribution < -0.4 is 14.2 Å². The van der Waals surface area contributed by atoms with Gasteiger partial charge in [-0.3, -0.25) is 4.79 Å². The van der Waals surface area contributed by atoms with Crippen LogP contribution in [0.2, 0.25) is 0 Å². The molecule has 2 aliphatic heterocycles. The molecule has 122 valence electrons. The lowest BCUT2D eigenvalue weighted by Crippen LogP contribution is -2.43. The number of rotatable bonds is 3. The second-order valence-corrected chi connectivity index (χ2v) is 6.31. The van der Waals surface area contributed by atoms with Crippen molar-refractivity contribution in [2.45, 2.75) is 38.7 Å². The number of ether oxygens (including phenoxy) is 3. The van der Waals surface area contributed by atoms with Gasteiger partial charge in [0.15, 0.2) is 17.6 Å². The first kappa shape index (κ1) is 14.4. The zero-order valence-corrected chi connectivity index (χ0v) is 13.3. The summed E-state index contributed by atoms with van der Waals surface area (Å²) in [7, 11) is 0. The molecule has 1 aromatic rings. The van der Waals surface area contributed by atoms with Crippen LogP contribution >= 0.6 is 0 Å². The molecule has 5 heteroatoms. The van der Waals surface area contributed by atoms with Crippen molar-refractivity contribution in [1.82, 2.24) is 4.90 Å². The van der Waals surface area contributed by atoms with Crippen molar-refractivity contribution in [1.29, 1.82) is 0 Å². The number of hydrogen-bond donors (Lipinski definition) is 0. The molecule has 4 rings (SSSR count). The Labute approximate surface area is 135 Å². The molecule has 3 aliphatic rings. The number of allylic oxidation sites excluding steroid dienone is 1. The molecule has 0 radical (unpaired) electrons. The number of piperidine rings is 1. The van der Waals surface area contributed by atoms with Gasteiger partial charge in [-0.15, -0.1) is 0 Å². The van der Waals surface area contributed by atoms with E-state index in [1.54, 1.807) is 17.2 Å². The first-order valence-corrected chi connectivity index (χ1v) is 8.25. The molecule has 0 N–H and O–H groups in total. The Balaban J connectivity index is 1.36. The zero-order chi connectivity index (χ0) is 15.8. The largest absolute Gasteiger partial charge is 0.481 e. The molecular formula is C18H21NO4. The maximum atomic E-state index is 12.6. The minimum Gasteiger partial charge on any atom is -0.481 e. The Morgan fingerprint density at radius 3 is 2.52 bits per heavy atom. The van der Waals surface area contributed by atoms with Gasteiger partial charge in [0.1, 0.15) is 5.75 Å². The van der Waals surface area contributed by atoms with Gasteiger partial charge in [-0.2, -0.15) is 0 Å². The maximum Gasteiger partial charge on any atom is 0.263 e. The summed E-state index contributed by atoms with van der Waals surface area (Å²) in [6.07, 6.45) is 4.10. The average molecular weight is 315 g/mol. The molecule has 2 fully saturated rings. The SMILES string of the molecule is C[C@@H](Oc1ccc2c(c1)OCO2)C(=O)N1CCC(=C2CC2)CC1. The lowest BCUT2D eigenvalue weighted by molar-refractivity contribution is -0.138. The van der Waals surface area contributed by atoms with E-state index in [4.69, 9.17) is 14.2 Å². The smallest absolute Gasteiger partial charge is 0.263 e. The Bertz CT molecular complexity index is 651. The van der Waals surface area contributed by atoms with Crippen LogP contribution in [0.15, 0.2) is 29.3 Å². The van der Waals surface area contributed by atoms with Crippen molar-refractivity contribution < 1.29 is 19.0 Å². The predicted molar refractivity (Wildman–Crippen MR) is 84.7 cm³/mol. The molecule has 0 aromatic heterocycles. The molecule has 1 aromatic carbocycles. The lowest BCUT2D eigenvalue weighted by atomic mass is 10.0. The van der Waals surface area contributed by atoms with E-state index < -0.39 is 6.10 Å². The predicted octanol–water partition coefficient (Wildman–Crippen LogP) is 2.90. The highest BCUT2D eigenvalue weighted by atomic mass is 16.7. The first-order chi connectivity index (χ1) is 11.2. The van der Waals surface area contributed by atoms with Gasteiger partial charge in [0, 0.05) is 19.2 Å². The van der Waals surface area contributed by atoms with Crippen LogP contribution in [-0.2, 0) is 4.79 Å². The maximum absolute atomic E-state index is 12.6. The summed E-state index contributed by atoms with van der Waals surface area (Å²) in [6.45, 7) is 3.67. The number of nitrogens with zero attached hydrogens (tertiary/aromatic N) is 1. The molecule has 0 spiro atoms. The highest BCUT2D eigenvalue weighted by Crippen LogP contribution is 2.37. The Hall–Kier alpha value is -2.17. The van der Waals surface area contributed by atoms with Crippen molar-refractivity contribution in [2.75, 3.05) is 19.9 Å². The molecule has 0 bridgehead atoms. The summed E-state index contributed by atoms with van der Waals surface area (Å²) in [5, 5.41) is 0. The van der Waals surface area contributed by atoms with Crippen molar-refractivity contribution in [3.8, 4) is 17.2 Å². The summed E-state index contributed by atoms with van der Waals surface area (Å²) in [5.74, 6) is 2.07. The average Bonchev–Trinajstić information content (AvgIpc) is 3.32. The summed E-state index contributed by atoms with van der Waals surface area (Å²) >= 11 is 0. The van der Waals surface area contributed by atoms with Crippen molar-refractivity contribution >= 4 is 5.91 Å². The van der Waals surface area contributed by atoms with Crippen LogP contribution in [0.5, 0.6) is 17.2 Å². The van der Waals surface area contributed by atoms with Crippen LogP contribution in [0.3, 0.4) is 0 Å². The standard InChI is InChI=1S/C18H21NO4/c1-12(23-15-4-5-16-17(10-15)22-11-21-16)18(20)19-8-6-14(7-9-19)13-2-3-13/h4-5,10,12H,2-3,6-9,11H2,1H3/t12-/m1/s1. The van der Waals surface area contributed by atoms with E-state index in [9.17, 15) is 4.79 Å². The topological polar surface area (TPSA) is 48.0 Å². The number of carbonyl (C=O) groups is 1. The van der Waals surface area contributed by atoms with E-state index in [1.807, 2.05) is 24.0 Å². The highest BCUT2D eigenvalue weighted by Gasteiger charge is 2.28. The third-order valence-corrected chi connectivity index (χ3v) is 4.68. The van der Waals surface area contributed by atoms with E-state index >= 15 is 0 Å². The van der Waals surface area contributed by atoms with Crippen molar-refractivity contribution in [3.05, 3.63) is 29.3 Å². The first-order valence-electron chi connectivity index (χ1n) is 8.25. The number of benzene rings is 1. The molecule has 2 heterocycles. The van der Waals surface area contributed by atoms with Gasteiger partial charge in [0.2, 0.25) is 6.79 Å². The molecule has 1 amide bonds. The molecule has 1 aliphatic carbocycles.